The number of aliphatic carboxylic acids is 1. The maximum atomic E-state index is 10.5. The molecule has 2 heterocycles. The molecule has 0 saturated carbocycles. The number of ether oxygens (including phenoxy) is 1. The van der Waals surface area contributed by atoms with Gasteiger partial charge in [-0.1, -0.05) is 17.8 Å². The van der Waals surface area contributed by atoms with Crippen LogP contribution in [-0.2, 0) is 11.3 Å². The van der Waals surface area contributed by atoms with Gasteiger partial charge in [-0.25, -0.2) is 4.98 Å². The molecule has 0 radical (unpaired) electrons. The van der Waals surface area contributed by atoms with Crippen molar-refractivity contribution in [1.29, 1.82) is 0 Å². The van der Waals surface area contributed by atoms with Gasteiger partial charge >= 0.3 is 5.97 Å². The Kier molecular flexibility index (Phi) is 4.35. The smallest absolute Gasteiger partial charge is 0.313 e. The predicted molar refractivity (Wildman–Crippen MR) is 68.3 cm³/mol. The molecule has 1 N–H and O–H groups in total. The van der Waals surface area contributed by atoms with Crippen molar-refractivity contribution in [2.45, 2.75) is 11.7 Å². The first kappa shape index (κ1) is 13.3. The Hall–Kier alpha value is -2.09. The molecule has 2 rings (SSSR count). The number of hydrogen-bond donors (Lipinski definition) is 1. The van der Waals surface area contributed by atoms with Gasteiger partial charge in [0.2, 0.25) is 5.88 Å². The van der Waals surface area contributed by atoms with Gasteiger partial charge in [0.05, 0.1) is 19.4 Å². The van der Waals surface area contributed by atoms with E-state index in [9.17, 15) is 4.79 Å². The summed E-state index contributed by atoms with van der Waals surface area (Å²) in [6, 6.07) is 3.65. The molecular weight excluding hydrogens is 268 g/mol. The maximum absolute atomic E-state index is 10.5. The van der Waals surface area contributed by atoms with E-state index in [4.69, 9.17) is 9.84 Å². The normalized spacial score (nSPS) is 10.4. The van der Waals surface area contributed by atoms with Crippen LogP contribution in [0.2, 0.25) is 0 Å². The lowest BCUT2D eigenvalue weighted by Gasteiger charge is -2.06. The van der Waals surface area contributed by atoms with Crippen LogP contribution in [0.5, 0.6) is 5.88 Å². The summed E-state index contributed by atoms with van der Waals surface area (Å²) in [4.78, 5) is 14.6. The lowest BCUT2D eigenvalue weighted by Crippen LogP contribution is -2.04. The average molecular weight is 280 g/mol. The molecule has 0 unspecified atom stereocenters. The number of aromatic nitrogens is 4. The van der Waals surface area contributed by atoms with Gasteiger partial charge < -0.3 is 14.4 Å². The molecule has 0 atom stereocenters. The summed E-state index contributed by atoms with van der Waals surface area (Å²) >= 11 is 1.13. The standard InChI is InChI=1S/C11H12N4O3S/c1-18-9-3-2-8(4-12-9)5-15-7-13-14-11(15)19-6-10(16)17/h2-4,7H,5-6H2,1H3,(H,16,17). The van der Waals surface area contributed by atoms with E-state index in [0.29, 0.717) is 17.6 Å². The number of methoxy groups -OCH3 is 1. The highest BCUT2D eigenvalue weighted by atomic mass is 32.2. The monoisotopic (exact) mass is 280 g/mol. The highest BCUT2D eigenvalue weighted by Crippen LogP contribution is 2.16. The Morgan fingerprint density at radius 2 is 2.37 bits per heavy atom. The van der Waals surface area contributed by atoms with Crippen molar-refractivity contribution < 1.29 is 14.6 Å². The van der Waals surface area contributed by atoms with Crippen molar-refractivity contribution >= 4 is 17.7 Å². The van der Waals surface area contributed by atoms with E-state index in [0.717, 1.165) is 17.3 Å². The first-order valence-electron chi connectivity index (χ1n) is 5.40. The van der Waals surface area contributed by atoms with E-state index in [1.165, 1.54) is 0 Å². The van der Waals surface area contributed by atoms with Gasteiger partial charge in [0.25, 0.3) is 0 Å². The highest BCUT2D eigenvalue weighted by molar-refractivity contribution is 7.99. The van der Waals surface area contributed by atoms with Crippen LogP contribution in [0.1, 0.15) is 5.56 Å². The van der Waals surface area contributed by atoms with Gasteiger partial charge in [0.1, 0.15) is 6.33 Å². The third kappa shape index (κ3) is 3.68. The molecule has 0 aliphatic heterocycles. The highest BCUT2D eigenvalue weighted by Gasteiger charge is 2.08. The minimum absolute atomic E-state index is 0.0421. The van der Waals surface area contributed by atoms with Gasteiger partial charge in [-0.15, -0.1) is 10.2 Å². The van der Waals surface area contributed by atoms with Crippen LogP contribution in [0.4, 0.5) is 0 Å². The second-order valence-electron chi connectivity index (χ2n) is 3.63. The van der Waals surface area contributed by atoms with Crippen LogP contribution in [0.15, 0.2) is 29.8 Å². The van der Waals surface area contributed by atoms with Crippen molar-refractivity contribution in [1.82, 2.24) is 19.7 Å². The number of pyridine rings is 1. The molecule has 100 valence electrons. The Bertz CT molecular complexity index is 555. The van der Waals surface area contributed by atoms with Crippen LogP contribution in [-0.4, -0.2) is 43.7 Å². The molecule has 2 aromatic heterocycles. The topological polar surface area (TPSA) is 90.1 Å². The summed E-state index contributed by atoms with van der Waals surface area (Å²) < 4.78 is 6.76. The van der Waals surface area contributed by atoms with E-state index < -0.39 is 5.97 Å². The summed E-state index contributed by atoms with van der Waals surface area (Å²) in [6.07, 6.45) is 3.26. The molecule has 19 heavy (non-hydrogen) atoms. The molecule has 0 fully saturated rings. The van der Waals surface area contributed by atoms with Gasteiger partial charge in [0.15, 0.2) is 5.16 Å². The second-order valence-corrected chi connectivity index (χ2v) is 4.58. The van der Waals surface area contributed by atoms with Crippen molar-refractivity contribution in [2.24, 2.45) is 0 Å². The molecule has 0 aliphatic carbocycles. The number of rotatable bonds is 6. The minimum Gasteiger partial charge on any atom is -0.481 e. The van der Waals surface area contributed by atoms with E-state index in [2.05, 4.69) is 15.2 Å². The van der Waals surface area contributed by atoms with Crippen LogP contribution in [0.25, 0.3) is 0 Å². The zero-order valence-electron chi connectivity index (χ0n) is 10.2. The first-order chi connectivity index (χ1) is 9.19. The third-order valence-corrected chi connectivity index (χ3v) is 3.23. The number of nitrogens with zero attached hydrogens (tertiary/aromatic N) is 4. The molecule has 8 heteroatoms. The Morgan fingerprint density at radius 3 is 3.00 bits per heavy atom. The fourth-order valence-electron chi connectivity index (χ4n) is 1.41. The largest absolute Gasteiger partial charge is 0.481 e. The number of carboxylic acid groups (broad SMARTS) is 1. The number of carbonyl (C=O) groups is 1. The SMILES string of the molecule is COc1ccc(Cn2cnnc2SCC(=O)O)cn1. The molecule has 0 bridgehead atoms. The summed E-state index contributed by atoms with van der Waals surface area (Å²) in [7, 11) is 1.56. The van der Waals surface area contributed by atoms with Crippen molar-refractivity contribution in [3.8, 4) is 5.88 Å². The second kappa shape index (κ2) is 6.19. The van der Waals surface area contributed by atoms with Crippen molar-refractivity contribution in [3.63, 3.8) is 0 Å². The maximum Gasteiger partial charge on any atom is 0.313 e. The van der Waals surface area contributed by atoms with Gasteiger partial charge in [-0.3, -0.25) is 4.79 Å². The van der Waals surface area contributed by atoms with E-state index in [-0.39, 0.29) is 5.75 Å². The van der Waals surface area contributed by atoms with E-state index in [1.54, 1.807) is 30.3 Å². The molecule has 0 saturated heterocycles. The summed E-state index contributed by atoms with van der Waals surface area (Å²) in [5.74, 6) is -0.377. The van der Waals surface area contributed by atoms with Crippen LogP contribution < -0.4 is 4.74 Å². The summed E-state index contributed by atoms with van der Waals surface area (Å²) in [5.41, 5.74) is 0.956. The predicted octanol–water partition coefficient (Wildman–Crippen LogP) is 0.907. The molecule has 0 aliphatic rings. The van der Waals surface area contributed by atoms with Crippen LogP contribution in [0.3, 0.4) is 0 Å². The van der Waals surface area contributed by atoms with Gasteiger partial charge in [0, 0.05) is 12.3 Å². The van der Waals surface area contributed by atoms with Crippen LogP contribution >= 0.6 is 11.8 Å². The third-order valence-electron chi connectivity index (χ3n) is 2.26. The molecule has 0 spiro atoms. The zero-order valence-corrected chi connectivity index (χ0v) is 11.0. The minimum atomic E-state index is -0.884. The molecule has 0 aromatic carbocycles. The quantitative estimate of drug-likeness (QED) is 0.786. The Morgan fingerprint density at radius 1 is 1.53 bits per heavy atom. The molecule has 2 aromatic rings. The molecule has 0 amide bonds. The van der Waals surface area contributed by atoms with E-state index >= 15 is 0 Å². The first-order valence-corrected chi connectivity index (χ1v) is 6.39. The lowest BCUT2D eigenvalue weighted by atomic mass is 10.3. The Labute approximate surface area is 113 Å². The summed E-state index contributed by atoms with van der Waals surface area (Å²) in [5, 5.41) is 16.9. The zero-order chi connectivity index (χ0) is 13.7. The van der Waals surface area contributed by atoms with Crippen LogP contribution in [0, 0.1) is 0 Å². The van der Waals surface area contributed by atoms with Crippen molar-refractivity contribution in [2.75, 3.05) is 12.9 Å². The number of thioether (sulfide) groups is 1. The van der Waals surface area contributed by atoms with Gasteiger partial charge in [-0.2, -0.15) is 0 Å². The van der Waals surface area contributed by atoms with E-state index in [1.807, 2.05) is 6.07 Å². The van der Waals surface area contributed by atoms with Crippen molar-refractivity contribution in [3.05, 3.63) is 30.2 Å². The summed E-state index contributed by atoms with van der Waals surface area (Å²) in [6.45, 7) is 0.534. The fourth-order valence-corrected chi connectivity index (χ4v) is 2.05. The lowest BCUT2D eigenvalue weighted by molar-refractivity contribution is -0.133. The number of hydrogen-bond acceptors (Lipinski definition) is 6. The average Bonchev–Trinajstić information content (AvgIpc) is 2.84. The molecular formula is C11H12N4O3S. The Balaban J connectivity index is 2.05. The fraction of sp³-hybridized carbons (Fsp3) is 0.273. The molecule has 7 nitrogen and oxygen atoms in total. The number of carboxylic acids is 1. The van der Waals surface area contributed by atoms with Gasteiger partial charge in [-0.05, 0) is 5.56 Å².